The summed E-state index contributed by atoms with van der Waals surface area (Å²) < 4.78 is 5.58. The second kappa shape index (κ2) is 7.35. The van der Waals surface area contributed by atoms with Crippen LogP contribution < -0.4 is 10.1 Å². The number of carbonyl (C=O) groups is 1. The predicted molar refractivity (Wildman–Crippen MR) is 91.3 cm³/mol. The van der Waals surface area contributed by atoms with Crippen molar-refractivity contribution in [3.8, 4) is 5.75 Å². The second-order valence-corrected chi connectivity index (χ2v) is 6.38. The second-order valence-electron chi connectivity index (χ2n) is 5.33. The number of thioether (sulfide) groups is 1. The molecule has 0 saturated heterocycles. The number of amides is 1. The highest BCUT2D eigenvalue weighted by Crippen LogP contribution is 2.31. The maximum absolute atomic E-state index is 12.2. The lowest BCUT2D eigenvalue weighted by molar-refractivity contribution is -0.384. The van der Waals surface area contributed by atoms with Crippen molar-refractivity contribution in [3.05, 3.63) is 64.2 Å². The standard InChI is InChI=1S/C17H16N2O4S/c20-17(11-24-13-7-5-12(6-8-13)19(21)22)18-15-9-10-23-16-4-2-1-3-14(15)16/h1-8,15H,9-11H2,(H,18,20)/t15-/m1/s1. The Hall–Kier alpha value is -2.54. The van der Waals surface area contributed by atoms with Crippen LogP contribution in [0.3, 0.4) is 0 Å². The van der Waals surface area contributed by atoms with Crippen molar-refractivity contribution in [1.82, 2.24) is 5.32 Å². The summed E-state index contributed by atoms with van der Waals surface area (Å²) in [5.74, 6) is 1.01. The van der Waals surface area contributed by atoms with Crippen molar-refractivity contribution in [2.75, 3.05) is 12.4 Å². The van der Waals surface area contributed by atoms with E-state index >= 15 is 0 Å². The molecule has 2 aromatic rings. The highest BCUT2D eigenvalue weighted by atomic mass is 32.2. The van der Waals surface area contributed by atoms with Gasteiger partial charge in [0.25, 0.3) is 5.69 Å². The van der Waals surface area contributed by atoms with Crippen molar-refractivity contribution in [2.45, 2.75) is 17.4 Å². The van der Waals surface area contributed by atoms with Crippen molar-refractivity contribution in [1.29, 1.82) is 0 Å². The number of hydrogen-bond acceptors (Lipinski definition) is 5. The molecule has 0 unspecified atom stereocenters. The van der Waals surface area contributed by atoms with E-state index in [1.54, 1.807) is 12.1 Å². The van der Waals surface area contributed by atoms with E-state index in [-0.39, 0.29) is 23.4 Å². The summed E-state index contributed by atoms with van der Waals surface area (Å²) in [6.45, 7) is 0.581. The Labute approximate surface area is 143 Å². The van der Waals surface area contributed by atoms with Gasteiger partial charge in [0.2, 0.25) is 5.91 Å². The Bertz CT molecular complexity index is 749. The van der Waals surface area contributed by atoms with E-state index < -0.39 is 4.92 Å². The number of benzene rings is 2. The minimum Gasteiger partial charge on any atom is -0.493 e. The molecule has 0 saturated carbocycles. The monoisotopic (exact) mass is 344 g/mol. The summed E-state index contributed by atoms with van der Waals surface area (Å²) in [5.41, 5.74) is 1.04. The third kappa shape index (κ3) is 3.86. The largest absolute Gasteiger partial charge is 0.493 e. The number of nitrogens with zero attached hydrogens (tertiary/aromatic N) is 1. The summed E-state index contributed by atoms with van der Waals surface area (Å²) in [6.07, 6.45) is 0.741. The maximum Gasteiger partial charge on any atom is 0.269 e. The van der Waals surface area contributed by atoms with Crippen LogP contribution in [0.15, 0.2) is 53.4 Å². The highest BCUT2D eigenvalue weighted by molar-refractivity contribution is 8.00. The third-order valence-electron chi connectivity index (χ3n) is 3.71. The molecule has 1 N–H and O–H groups in total. The van der Waals surface area contributed by atoms with Crippen LogP contribution in [0.2, 0.25) is 0 Å². The van der Waals surface area contributed by atoms with Gasteiger partial charge in [-0.05, 0) is 18.2 Å². The molecule has 24 heavy (non-hydrogen) atoms. The number of para-hydroxylation sites is 1. The van der Waals surface area contributed by atoms with E-state index in [4.69, 9.17) is 4.74 Å². The molecule has 7 heteroatoms. The van der Waals surface area contributed by atoms with Gasteiger partial charge in [-0.15, -0.1) is 11.8 Å². The van der Waals surface area contributed by atoms with Crippen LogP contribution in [-0.4, -0.2) is 23.2 Å². The molecule has 1 heterocycles. The lowest BCUT2D eigenvalue weighted by atomic mass is 10.0. The van der Waals surface area contributed by atoms with Gasteiger partial charge in [0.1, 0.15) is 5.75 Å². The highest BCUT2D eigenvalue weighted by Gasteiger charge is 2.22. The van der Waals surface area contributed by atoms with Crippen molar-refractivity contribution < 1.29 is 14.5 Å². The lowest BCUT2D eigenvalue weighted by Gasteiger charge is -2.26. The zero-order valence-electron chi connectivity index (χ0n) is 12.8. The minimum absolute atomic E-state index is 0.0417. The van der Waals surface area contributed by atoms with Gasteiger partial charge in [0, 0.05) is 29.0 Å². The zero-order valence-corrected chi connectivity index (χ0v) is 13.6. The first-order valence-electron chi connectivity index (χ1n) is 7.52. The van der Waals surface area contributed by atoms with Gasteiger partial charge in [-0.2, -0.15) is 0 Å². The van der Waals surface area contributed by atoms with E-state index in [1.807, 2.05) is 24.3 Å². The maximum atomic E-state index is 12.2. The average Bonchev–Trinajstić information content (AvgIpc) is 2.61. The molecule has 0 radical (unpaired) electrons. The summed E-state index contributed by atoms with van der Waals surface area (Å²) in [5, 5.41) is 13.7. The fraction of sp³-hybridized carbons (Fsp3) is 0.235. The van der Waals surface area contributed by atoms with Crippen LogP contribution in [0.25, 0.3) is 0 Å². The molecule has 0 aromatic heterocycles. The Balaban J connectivity index is 1.56. The number of fused-ring (bicyclic) bond motifs is 1. The molecule has 6 nitrogen and oxygen atoms in total. The first kappa shape index (κ1) is 16.3. The Kier molecular flexibility index (Phi) is 5.00. The molecule has 1 atom stereocenters. The lowest BCUT2D eigenvalue weighted by Crippen LogP contribution is -2.33. The summed E-state index contributed by atoms with van der Waals surface area (Å²) >= 11 is 1.35. The van der Waals surface area contributed by atoms with E-state index in [1.165, 1.54) is 23.9 Å². The van der Waals surface area contributed by atoms with Crippen LogP contribution in [0.5, 0.6) is 5.75 Å². The van der Waals surface area contributed by atoms with Crippen molar-refractivity contribution in [2.24, 2.45) is 0 Å². The number of nitro benzene ring substituents is 1. The fourth-order valence-corrected chi connectivity index (χ4v) is 3.25. The Morgan fingerprint density at radius 1 is 1.25 bits per heavy atom. The smallest absolute Gasteiger partial charge is 0.269 e. The zero-order chi connectivity index (χ0) is 16.9. The molecule has 0 fully saturated rings. The molecule has 0 bridgehead atoms. The third-order valence-corrected chi connectivity index (χ3v) is 4.72. The molecule has 1 amide bonds. The molecule has 3 rings (SSSR count). The molecule has 0 spiro atoms. The van der Waals surface area contributed by atoms with Crippen molar-refractivity contribution >= 4 is 23.4 Å². The number of hydrogen-bond donors (Lipinski definition) is 1. The van der Waals surface area contributed by atoms with Crippen LogP contribution >= 0.6 is 11.8 Å². The molecule has 0 aliphatic carbocycles. The first-order valence-corrected chi connectivity index (χ1v) is 8.50. The van der Waals surface area contributed by atoms with E-state index in [2.05, 4.69) is 5.32 Å². The van der Waals surface area contributed by atoms with Crippen LogP contribution in [0.1, 0.15) is 18.0 Å². The van der Waals surface area contributed by atoms with Gasteiger partial charge in [0.15, 0.2) is 0 Å². The molecule has 2 aromatic carbocycles. The minimum atomic E-state index is -0.441. The molecular weight excluding hydrogens is 328 g/mol. The number of ether oxygens (including phenoxy) is 1. The van der Waals surface area contributed by atoms with Gasteiger partial charge >= 0.3 is 0 Å². The van der Waals surface area contributed by atoms with E-state index in [0.717, 1.165) is 22.6 Å². The topological polar surface area (TPSA) is 81.5 Å². The Morgan fingerprint density at radius 3 is 2.75 bits per heavy atom. The van der Waals surface area contributed by atoms with Gasteiger partial charge in [-0.3, -0.25) is 14.9 Å². The normalized spacial score (nSPS) is 15.9. The summed E-state index contributed by atoms with van der Waals surface area (Å²) in [6, 6.07) is 13.8. The first-order chi connectivity index (χ1) is 11.6. The van der Waals surface area contributed by atoms with Crippen LogP contribution in [0, 0.1) is 10.1 Å². The van der Waals surface area contributed by atoms with Crippen molar-refractivity contribution in [3.63, 3.8) is 0 Å². The number of rotatable bonds is 5. The van der Waals surface area contributed by atoms with Gasteiger partial charge in [-0.25, -0.2) is 0 Å². The van der Waals surface area contributed by atoms with Gasteiger partial charge < -0.3 is 10.1 Å². The molecular formula is C17H16N2O4S. The van der Waals surface area contributed by atoms with Crippen LogP contribution in [0.4, 0.5) is 5.69 Å². The number of carbonyl (C=O) groups excluding carboxylic acids is 1. The average molecular weight is 344 g/mol. The van der Waals surface area contributed by atoms with E-state index in [9.17, 15) is 14.9 Å². The SMILES string of the molecule is O=C(CSc1ccc([N+](=O)[O-])cc1)N[C@@H]1CCOc2ccccc21. The number of nitrogens with one attached hydrogen (secondary N) is 1. The quantitative estimate of drug-likeness (QED) is 0.511. The van der Waals surface area contributed by atoms with Crippen LogP contribution in [-0.2, 0) is 4.79 Å². The summed E-state index contributed by atoms with van der Waals surface area (Å²) in [4.78, 5) is 23.2. The molecule has 1 aliphatic rings. The van der Waals surface area contributed by atoms with E-state index in [0.29, 0.717) is 6.61 Å². The Morgan fingerprint density at radius 2 is 2.00 bits per heavy atom. The van der Waals surface area contributed by atoms with Gasteiger partial charge in [-0.1, -0.05) is 18.2 Å². The predicted octanol–water partition coefficient (Wildman–Crippen LogP) is 3.33. The summed E-state index contributed by atoms with van der Waals surface area (Å²) in [7, 11) is 0. The van der Waals surface area contributed by atoms with Gasteiger partial charge in [0.05, 0.1) is 23.3 Å². The number of non-ortho nitro benzene ring substituents is 1. The molecule has 124 valence electrons. The number of nitro groups is 1. The molecule has 1 aliphatic heterocycles. The fourth-order valence-electron chi connectivity index (χ4n) is 2.54.